The zero-order valence-electron chi connectivity index (χ0n) is 28.2. The first-order chi connectivity index (χ1) is 22.7. The Labute approximate surface area is 297 Å². The van der Waals surface area contributed by atoms with E-state index < -0.39 is 0 Å². The topological polar surface area (TPSA) is 51.6 Å². The number of hydrogen-bond acceptors (Lipinski definition) is 4. The fourth-order valence-electron chi connectivity index (χ4n) is 5.69. The van der Waals surface area contributed by atoms with Crippen molar-refractivity contribution in [1.29, 1.82) is 0 Å². The summed E-state index contributed by atoms with van der Waals surface area (Å²) in [5, 5.41) is 0. The second-order valence-corrected chi connectivity index (χ2v) is 12.9. The average molecular weight is 803 g/mol. The van der Waals surface area contributed by atoms with Gasteiger partial charge in [-0.25, -0.2) is 0 Å². The van der Waals surface area contributed by atoms with Crippen LogP contribution in [0.15, 0.2) is 122 Å². The van der Waals surface area contributed by atoms with Gasteiger partial charge in [-0.3, -0.25) is 9.97 Å². The van der Waals surface area contributed by atoms with Crippen molar-refractivity contribution in [2.45, 2.75) is 47.0 Å². The molecule has 0 aliphatic carbocycles. The Balaban J connectivity index is 0.000000270. The molecule has 0 fully saturated rings. The molecule has 0 bridgehead atoms. The van der Waals surface area contributed by atoms with E-state index in [9.17, 15) is 0 Å². The second kappa shape index (κ2) is 14.9. The molecule has 7 aromatic rings. The van der Waals surface area contributed by atoms with Crippen LogP contribution in [0, 0.1) is 32.9 Å². The SMILES string of the molecule is Cc1ccc(-c2ccc(-c3cc[c-]c(-c4cc(C(C)(C)C)ccn4)c3)c3nccnc23)c(C)c1.Cc1ccnc(-c2[c-]cccc2)c1.[Ir]. The normalized spacial score (nSPS) is 11.0. The minimum Gasteiger partial charge on any atom is -0.305 e. The van der Waals surface area contributed by atoms with Crippen LogP contribution in [0.25, 0.3) is 55.8 Å². The third-order valence-corrected chi connectivity index (χ3v) is 8.21. The predicted octanol–water partition coefficient (Wildman–Crippen LogP) is 10.6. The quantitative estimate of drug-likeness (QED) is 0.166. The number of rotatable bonds is 4. The molecular formula is C43H38IrN4-2. The molecule has 1 radical (unpaired) electrons. The van der Waals surface area contributed by atoms with Crippen LogP contribution in [0.5, 0.6) is 0 Å². The minimum atomic E-state index is 0. The van der Waals surface area contributed by atoms with Crippen molar-refractivity contribution in [3.8, 4) is 44.8 Å². The number of aryl methyl sites for hydroxylation is 3. The number of pyridine rings is 2. The predicted molar refractivity (Wildman–Crippen MR) is 194 cm³/mol. The van der Waals surface area contributed by atoms with Gasteiger partial charge in [-0.2, -0.15) is 0 Å². The van der Waals surface area contributed by atoms with E-state index in [2.05, 4.69) is 124 Å². The van der Waals surface area contributed by atoms with Gasteiger partial charge < -0.3 is 9.97 Å². The summed E-state index contributed by atoms with van der Waals surface area (Å²) in [6, 6.07) is 39.8. The third kappa shape index (κ3) is 7.82. The van der Waals surface area contributed by atoms with E-state index in [0.717, 1.165) is 50.2 Å². The molecule has 3 heterocycles. The summed E-state index contributed by atoms with van der Waals surface area (Å²) in [5.41, 5.74) is 15.2. The molecule has 0 saturated carbocycles. The third-order valence-electron chi connectivity index (χ3n) is 8.21. The molecule has 0 saturated heterocycles. The van der Waals surface area contributed by atoms with Gasteiger partial charge in [-0.05, 0) is 72.0 Å². The summed E-state index contributed by atoms with van der Waals surface area (Å²) in [6.07, 6.45) is 7.24. The Morgan fingerprint density at radius 1 is 0.521 bits per heavy atom. The maximum Gasteiger partial charge on any atom is 0.0970 e. The van der Waals surface area contributed by atoms with Crippen LogP contribution in [-0.2, 0) is 25.5 Å². The Morgan fingerprint density at radius 3 is 1.85 bits per heavy atom. The summed E-state index contributed by atoms with van der Waals surface area (Å²) < 4.78 is 0. The van der Waals surface area contributed by atoms with Crippen molar-refractivity contribution >= 4 is 11.0 Å². The Kier molecular flexibility index (Phi) is 10.7. The van der Waals surface area contributed by atoms with E-state index >= 15 is 0 Å². The minimum absolute atomic E-state index is 0. The van der Waals surface area contributed by atoms with E-state index in [0.29, 0.717) is 0 Å². The summed E-state index contributed by atoms with van der Waals surface area (Å²) in [4.78, 5) is 18.4. The summed E-state index contributed by atoms with van der Waals surface area (Å²) in [5.74, 6) is 0. The molecule has 241 valence electrons. The summed E-state index contributed by atoms with van der Waals surface area (Å²) >= 11 is 0. The first-order valence-corrected chi connectivity index (χ1v) is 15.9. The second-order valence-electron chi connectivity index (χ2n) is 12.9. The number of hydrogen-bond donors (Lipinski definition) is 0. The molecule has 0 spiro atoms. The van der Waals surface area contributed by atoms with Crippen molar-refractivity contribution < 1.29 is 20.1 Å². The van der Waals surface area contributed by atoms with Gasteiger partial charge in [-0.1, -0.05) is 79.9 Å². The van der Waals surface area contributed by atoms with Crippen LogP contribution in [0.2, 0.25) is 0 Å². The van der Waals surface area contributed by atoms with Gasteiger partial charge in [-0.15, -0.1) is 65.7 Å². The maximum absolute atomic E-state index is 4.75. The van der Waals surface area contributed by atoms with Crippen molar-refractivity contribution in [1.82, 2.24) is 19.9 Å². The van der Waals surface area contributed by atoms with Gasteiger partial charge in [0.2, 0.25) is 0 Å². The van der Waals surface area contributed by atoms with Crippen LogP contribution in [-0.4, -0.2) is 19.9 Å². The van der Waals surface area contributed by atoms with Crippen LogP contribution in [0.1, 0.15) is 43.0 Å². The average Bonchev–Trinajstić information content (AvgIpc) is 3.08. The zero-order valence-corrected chi connectivity index (χ0v) is 30.6. The van der Waals surface area contributed by atoms with Crippen LogP contribution in [0.3, 0.4) is 0 Å². The van der Waals surface area contributed by atoms with Crippen molar-refractivity contribution in [3.63, 3.8) is 0 Å². The molecule has 4 nitrogen and oxygen atoms in total. The monoisotopic (exact) mass is 803 g/mol. The molecule has 0 atom stereocenters. The molecule has 5 heteroatoms. The van der Waals surface area contributed by atoms with Gasteiger partial charge in [0.25, 0.3) is 0 Å². The maximum atomic E-state index is 4.75. The standard InChI is InChI=1S/C31H28N3.C12H10N.Ir/c1-20-9-10-25(21(2)17-20)27-12-11-26(29-30(27)34-16-15-33-29)22-7-6-8-23(18-22)28-19-24(13-14-32-28)31(3,4)5;1-10-7-8-13-12(9-10)11-5-3-2-4-6-11;/h6-7,9-19H,1-5H3;2-5,7-9H,1H3;/q2*-1;. The fourth-order valence-corrected chi connectivity index (χ4v) is 5.69. The van der Waals surface area contributed by atoms with Gasteiger partial charge in [0.1, 0.15) is 0 Å². The Hall–Kier alpha value is -4.83. The fraction of sp³-hybridized carbons (Fsp3) is 0.163. The first kappa shape index (κ1) is 34.5. The summed E-state index contributed by atoms with van der Waals surface area (Å²) in [6.45, 7) is 13.0. The molecular weight excluding hydrogens is 765 g/mol. The Morgan fingerprint density at radius 2 is 1.17 bits per heavy atom. The largest absolute Gasteiger partial charge is 0.305 e. The molecule has 0 amide bonds. The van der Waals surface area contributed by atoms with Crippen molar-refractivity contribution in [2.24, 2.45) is 0 Å². The van der Waals surface area contributed by atoms with Gasteiger partial charge in [0.05, 0.1) is 11.0 Å². The van der Waals surface area contributed by atoms with Crippen molar-refractivity contribution in [3.05, 3.63) is 156 Å². The van der Waals surface area contributed by atoms with Crippen LogP contribution in [0.4, 0.5) is 0 Å². The van der Waals surface area contributed by atoms with Gasteiger partial charge in [0.15, 0.2) is 0 Å². The van der Waals surface area contributed by atoms with E-state index in [1.807, 2.05) is 48.8 Å². The van der Waals surface area contributed by atoms with Gasteiger partial charge in [0, 0.05) is 50.5 Å². The molecule has 0 N–H and O–H groups in total. The first-order valence-electron chi connectivity index (χ1n) is 15.9. The molecule has 0 aliphatic heterocycles. The molecule has 7 rings (SSSR count). The number of nitrogens with zero attached hydrogens (tertiary/aromatic N) is 4. The van der Waals surface area contributed by atoms with E-state index in [1.54, 1.807) is 12.4 Å². The molecule has 4 aromatic carbocycles. The van der Waals surface area contributed by atoms with E-state index in [4.69, 9.17) is 9.97 Å². The molecule has 48 heavy (non-hydrogen) atoms. The van der Waals surface area contributed by atoms with Gasteiger partial charge >= 0.3 is 0 Å². The van der Waals surface area contributed by atoms with Crippen LogP contribution < -0.4 is 0 Å². The zero-order chi connectivity index (χ0) is 33.0. The molecule has 0 unspecified atom stereocenters. The Bertz CT molecular complexity index is 2170. The number of aromatic nitrogens is 4. The number of benzene rings is 4. The smallest absolute Gasteiger partial charge is 0.0970 e. The summed E-state index contributed by atoms with van der Waals surface area (Å²) in [7, 11) is 0. The van der Waals surface area contributed by atoms with Crippen LogP contribution >= 0.6 is 0 Å². The molecule has 0 aliphatic rings. The van der Waals surface area contributed by atoms with E-state index in [1.165, 1.54) is 27.8 Å². The molecule has 3 aromatic heterocycles. The van der Waals surface area contributed by atoms with E-state index in [-0.39, 0.29) is 25.5 Å². The van der Waals surface area contributed by atoms with Crippen molar-refractivity contribution in [2.75, 3.05) is 0 Å². The number of fused-ring (bicyclic) bond motifs is 1.